The Balaban J connectivity index is 1.87. The average Bonchev–Trinajstić information content (AvgIpc) is 2.48. The molecule has 3 rings (SSSR count). The topological polar surface area (TPSA) is 51.2 Å². The van der Waals surface area contributed by atoms with E-state index in [2.05, 4.69) is 15.0 Å². The third-order valence-electron chi connectivity index (χ3n) is 3.49. The smallest absolute Gasteiger partial charge is 0.405 e. The Morgan fingerprint density at radius 2 is 1.96 bits per heavy atom. The predicted molar refractivity (Wildman–Crippen MR) is 76.2 cm³/mol. The lowest BCUT2D eigenvalue weighted by molar-refractivity contribution is -0.274. The van der Waals surface area contributed by atoms with Crippen molar-refractivity contribution in [2.45, 2.75) is 19.2 Å². The normalized spacial score (nSPS) is 14.1. The van der Waals surface area contributed by atoms with Gasteiger partial charge in [0.05, 0.1) is 11.3 Å². The van der Waals surface area contributed by atoms with E-state index in [9.17, 15) is 18.0 Å². The molecule has 0 radical (unpaired) electrons. The molecule has 120 valence electrons. The van der Waals surface area contributed by atoms with Crippen LogP contribution in [-0.2, 0) is 12.8 Å². The molecule has 0 bridgehead atoms. The summed E-state index contributed by atoms with van der Waals surface area (Å²) in [6, 6.07) is 9.26. The van der Waals surface area contributed by atoms with E-state index < -0.39 is 6.36 Å². The monoisotopic (exact) mass is 322 g/mol. The molecule has 2 heterocycles. The molecule has 0 saturated carbocycles. The fraction of sp³-hybridized carbons (Fsp3) is 0.250. The molecule has 1 amide bonds. The quantitative estimate of drug-likeness (QED) is 0.945. The summed E-state index contributed by atoms with van der Waals surface area (Å²) in [5.74, 6) is -0.414. The van der Waals surface area contributed by atoms with E-state index in [1.165, 1.54) is 12.1 Å². The Morgan fingerprint density at radius 3 is 2.74 bits per heavy atom. The van der Waals surface area contributed by atoms with Crippen LogP contribution in [0.2, 0.25) is 0 Å². The lowest BCUT2D eigenvalue weighted by Crippen LogP contribution is -2.32. The average molecular weight is 322 g/mol. The van der Waals surface area contributed by atoms with Crippen molar-refractivity contribution in [3.05, 3.63) is 58.9 Å². The zero-order valence-electron chi connectivity index (χ0n) is 12.0. The highest BCUT2D eigenvalue weighted by molar-refractivity contribution is 5.96. The van der Waals surface area contributed by atoms with Gasteiger partial charge in [-0.25, -0.2) is 0 Å². The number of rotatable bonds is 3. The first kappa shape index (κ1) is 15.3. The molecule has 0 aliphatic carbocycles. The van der Waals surface area contributed by atoms with Crippen LogP contribution >= 0.6 is 0 Å². The number of carbonyl (C=O) groups is 1. The summed E-state index contributed by atoms with van der Waals surface area (Å²) in [4.78, 5) is 16.1. The molecule has 1 aromatic carbocycles. The lowest BCUT2D eigenvalue weighted by atomic mass is 10.0. The number of benzene rings is 1. The number of amides is 1. The zero-order chi connectivity index (χ0) is 16.4. The first-order chi connectivity index (χ1) is 10.9. The zero-order valence-corrected chi connectivity index (χ0v) is 12.0. The predicted octanol–water partition coefficient (Wildman–Crippen LogP) is 2.86. The highest BCUT2D eigenvalue weighted by atomic mass is 19.4. The summed E-state index contributed by atoms with van der Waals surface area (Å²) < 4.78 is 41.4. The molecule has 0 saturated heterocycles. The van der Waals surface area contributed by atoms with Crippen LogP contribution in [0.3, 0.4) is 0 Å². The number of hydrogen-bond acceptors (Lipinski definition) is 3. The molecular formula is C16H13F3N2O2. The molecule has 1 aromatic heterocycles. The number of carbonyl (C=O) groups excluding carboxylic acids is 1. The molecule has 0 spiro atoms. The Morgan fingerprint density at radius 1 is 1.17 bits per heavy atom. The van der Waals surface area contributed by atoms with Gasteiger partial charge in [0.1, 0.15) is 5.75 Å². The van der Waals surface area contributed by atoms with Crippen molar-refractivity contribution in [1.29, 1.82) is 0 Å². The number of fused-ring (bicyclic) bond motifs is 1. The molecule has 1 aliphatic heterocycles. The molecule has 1 aliphatic rings. The van der Waals surface area contributed by atoms with Gasteiger partial charge in [-0.3, -0.25) is 9.78 Å². The van der Waals surface area contributed by atoms with Crippen LogP contribution in [0.5, 0.6) is 5.75 Å². The van der Waals surface area contributed by atoms with E-state index in [0.717, 1.165) is 0 Å². The summed E-state index contributed by atoms with van der Waals surface area (Å²) >= 11 is 0. The van der Waals surface area contributed by atoms with Gasteiger partial charge in [0.25, 0.3) is 5.91 Å². The van der Waals surface area contributed by atoms with Gasteiger partial charge in [0.2, 0.25) is 0 Å². The number of pyridine rings is 1. The SMILES string of the molecule is O=C1NCCc2nc(Cc3ccccc3OC(F)(F)F)ccc21. The van der Waals surface area contributed by atoms with Gasteiger partial charge in [-0.15, -0.1) is 13.2 Å². The van der Waals surface area contributed by atoms with Crippen molar-refractivity contribution >= 4 is 5.91 Å². The number of hydrogen-bond donors (Lipinski definition) is 1. The molecule has 7 heteroatoms. The second-order valence-electron chi connectivity index (χ2n) is 5.14. The molecule has 0 fully saturated rings. The Labute approximate surface area is 130 Å². The summed E-state index contributed by atoms with van der Waals surface area (Å²) in [5, 5.41) is 2.72. The maximum atomic E-state index is 12.4. The van der Waals surface area contributed by atoms with Crippen molar-refractivity contribution < 1.29 is 22.7 Å². The number of para-hydroxylation sites is 1. The van der Waals surface area contributed by atoms with Crippen molar-refractivity contribution in [2.75, 3.05) is 6.54 Å². The second kappa shape index (κ2) is 5.91. The first-order valence-corrected chi connectivity index (χ1v) is 7.03. The molecule has 23 heavy (non-hydrogen) atoms. The summed E-state index contributed by atoms with van der Waals surface area (Å²) in [6.45, 7) is 0.510. The molecule has 1 N–H and O–H groups in total. The Hall–Kier alpha value is -2.57. The maximum Gasteiger partial charge on any atom is 0.573 e. The van der Waals surface area contributed by atoms with Gasteiger partial charge >= 0.3 is 6.36 Å². The molecule has 0 unspecified atom stereocenters. The van der Waals surface area contributed by atoms with Crippen molar-refractivity contribution in [1.82, 2.24) is 10.3 Å². The van der Waals surface area contributed by atoms with Crippen LogP contribution in [0, 0.1) is 0 Å². The Bertz CT molecular complexity index is 744. The van der Waals surface area contributed by atoms with E-state index in [-0.39, 0.29) is 18.1 Å². The number of alkyl halides is 3. The molecule has 4 nitrogen and oxygen atoms in total. The van der Waals surface area contributed by atoms with Crippen LogP contribution in [0.15, 0.2) is 36.4 Å². The van der Waals surface area contributed by atoms with Crippen LogP contribution in [0.25, 0.3) is 0 Å². The van der Waals surface area contributed by atoms with Crippen molar-refractivity contribution in [3.63, 3.8) is 0 Å². The minimum Gasteiger partial charge on any atom is -0.405 e. The van der Waals surface area contributed by atoms with E-state index in [4.69, 9.17) is 0 Å². The summed E-state index contributed by atoms with van der Waals surface area (Å²) in [5.41, 5.74) is 2.16. The Kier molecular flexibility index (Phi) is 3.94. The lowest BCUT2D eigenvalue weighted by Gasteiger charge is -2.17. The van der Waals surface area contributed by atoms with Crippen LogP contribution < -0.4 is 10.1 Å². The van der Waals surface area contributed by atoms with Gasteiger partial charge in [-0.2, -0.15) is 0 Å². The van der Waals surface area contributed by atoms with E-state index in [1.807, 2.05) is 0 Å². The van der Waals surface area contributed by atoms with Crippen LogP contribution in [0.4, 0.5) is 13.2 Å². The van der Waals surface area contributed by atoms with Crippen molar-refractivity contribution in [2.24, 2.45) is 0 Å². The highest BCUT2D eigenvalue weighted by Crippen LogP contribution is 2.27. The second-order valence-corrected chi connectivity index (χ2v) is 5.14. The minimum atomic E-state index is -4.74. The number of ether oxygens (including phenoxy) is 1. The van der Waals surface area contributed by atoms with Gasteiger partial charge in [-0.05, 0) is 18.2 Å². The maximum absolute atomic E-state index is 12.4. The first-order valence-electron chi connectivity index (χ1n) is 7.03. The van der Waals surface area contributed by atoms with E-state index in [0.29, 0.717) is 35.5 Å². The number of nitrogens with one attached hydrogen (secondary N) is 1. The third kappa shape index (κ3) is 3.61. The van der Waals surface area contributed by atoms with Gasteiger partial charge in [0, 0.05) is 30.6 Å². The van der Waals surface area contributed by atoms with E-state index in [1.54, 1.807) is 24.3 Å². The number of halogens is 3. The fourth-order valence-electron chi connectivity index (χ4n) is 2.50. The largest absolute Gasteiger partial charge is 0.573 e. The van der Waals surface area contributed by atoms with Crippen molar-refractivity contribution in [3.8, 4) is 5.75 Å². The van der Waals surface area contributed by atoms with Gasteiger partial charge in [-0.1, -0.05) is 18.2 Å². The minimum absolute atomic E-state index is 0.175. The van der Waals surface area contributed by atoms with E-state index >= 15 is 0 Å². The van der Waals surface area contributed by atoms with Crippen LogP contribution in [-0.4, -0.2) is 23.8 Å². The standard InChI is InChI=1S/C16H13F3N2O2/c17-16(18,19)23-14-4-2-1-3-10(14)9-11-5-6-12-13(21-11)7-8-20-15(12)22/h1-6H,7-9H2,(H,20,22). The van der Waals surface area contributed by atoms with Crippen LogP contribution in [0.1, 0.15) is 27.3 Å². The third-order valence-corrected chi connectivity index (χ3v) is 3.49. The molecular weight excluding hydrogens is 309 g/mol. The van der Waals surface area contributed by atoms with Gasteiger partial charge < -0.3 is 10.1 Å². The molecule has 2 aromatic rings. The molecule has 0 atom stereocenters. The number of nitrogens with zero attached hydrogens (tertiary/aromatic N) is 1. The summed E-state index contributed by atoms with van der Waals surface area (Å²) in [6.07, 6.45) is -3.94. The van der Waals surface area contributed by atoms with Gasteiger partial charge in [0.15, 0.2) is 0 Å². The summed E-state index contributed by atoms with van der Waals surface area (Å²) in [7, 11) is 0. The number of aromatic nitrogens is 1. The fourth-order valence-corrected chi connectivity index (χ4v) is 2.50. The highest BCUT2D eigenvalue weighted by Gasteiger charge is 2.32.